The summed E-state index contributed by atoms with van der Waals surface area (Å²) in [5.41, 5.74) is 2.61. The van der Waals surface area contributed by atoms with E-state index in [1.807, 2.05) is 0 Å². The van der Waals surface area contributed by atoms with E-state index in [1.165, 1.54) is 11.1 Å². The van der Waals surface area contributed by atoms with E-state index in [-0.39, 0.29) is 0 Å². The molecule has 0 radical (unpaired) electrons. The largest absolute Gasteiger partial charge is 0.171 e. The van der Waals surface area contributed by atoms with Crippen LogP contribution in [0.1, 0.15) is 48.3 Å². The summed E-state index contributed by atoms with van der Waals surface area (Å²) in [7, 11) is 0. The summed E-state index contributed by atoms with van der Waals surface area (Å²) in [5, 5.41) is 0.708. The molecule has 0 amide bonds. The van der Waals surface area contributed by atoms with Gasteiger partial charge in [-0.05, 0) is 24.0 Å². The van der Waals surface area contributed by atoms with E-state index in [1.54, 1.807) is 0 Å². The van der Waals surface area contributed by atoms with Crippen LogP contribution in [0.15, 0.2) is 24.3 Å². The minimum atomic E-state index is 0.354. The quantitative estimate of drug-likeness (QED) is 0.696. The zero-order valence-electron chi connectivity index (χ0n) is 8.77. The van der Waals surface area contributed by atoms with Gasteiger partial charge in [-0.3, -0.25) is 0 Å². The van der Waals surface area contributed by atoms with Gasteiger partial charge in [0.15, 0.2) is 0 Å². The van der Waals surface area contributed by atoms with Gasteiger partial charge in [0.1, 0.15) is 0 Å². The van der Waals surface area contributed by atoms with Gasteiger partial charge in [-0.2, -0.15) is 25.3 Å². The lowest BCUT2D eigenvalue weighted by atomic mass is 10.0. The fourth-order valence-electron chi connectivity index (χ4n) is 1.44. The van der Waals surface area contributed by atoms with Crippen LogP contribution in [0.25, 0.3) is 0 Å². The Morgan fingerprint density at radius 2 is 1.43 bits per heavy atom. The van der Waals surface area contributed by atoms with Crippen LogP contribution in [0.3, 0.4) is 0 Å². The SMILES string of the molecule is CCC(S)c1cccc(C(S)CC)c1. The van der Waals surface area contributed by atoms with Crippen molar-refractivity contribution < 1.29 is 0 Å². The maximum Gasteiger partial charge on any atom is 0.0264 e. The normalized spacial score (nSPS) is 15.1. The molecule has 0 aromatic heterocycles. The highest BCUT2D eigenvalue weighted by atomic mass is 32.1. The van der Waals surface area contributed by atoms with Crippen molar-refractivity contribution in [1.82, 2.24) is 0 Å². The topological polar surface area (TPSA) is 0 Å². The summed E-state index contributed by atoms with van der Waals surface area (Å²) in [6.45, 7) is 4.31. The first kappa shape index (κ1) is 12.0. The zero-order chi connectivity index (χ0) is 10.6. The molecule has 0 aliphatic carbocycles. The summed E-state index contributed by atoms with van der Waals surface area (Å²) < 4.78 is 0. The van der Waals surface area contributed by atoms with Crippen molar-refractivity contribution in [3.05, 3.63) is 35.4 Å². The summed E-state index contributed by atoms with van der Waals surface area (Å²) in [6, 6.07) is 8.60. The molecule has 0 bridgehead atoms. The van der Waals surface area contributed by atoms with Gasteiger partial charge in [0.2, 0.25) is 0 Å². The molecular formula is C12H18S2. The van der Waals surface area contributed by atoms with Crippen LogP contribution in [0, 0.1) is 0 Å². The van der Waals surface area contributed by atoms with Gasteiger partial charge >= 0.3 is 0 Å². The van der Waals surface area contributed by atoms with Crippen LogP contribution >= 0.6 is 25.3 Å². The van der Waals surface area contributed by atoms with E-state index in [2.05, 4.69) is 63.4 Å². The second-order valence-corrected chi connectivity index (χ2v) is 4.76. The molecule has 1 rings (SSSR count). The van der Waals surface area contributed by atoms with Crippen molar-refractivity contribution in [1.29, 1.82) is 0 Å². The van der Waals surface area contributed by atoms with E-state index in [9.17, 15) is 0 Å². The van der Waals surface area contributed by atoms with Crippen LogP contribution in [-0.4, -0.2) is 0 Å². The Morgan fingerprint density at radius 1 is 1.00 bits per heavy atom. The number of rotatable bonds is 4. The van der Waals surface area contributed by atoms with Gasteiger partial charge in [-0.15, -0.1) is 0 Å². The Kier molecular flexibility index (Phi) is 4.90. The van der Waals surface area contributed by atoms with Crippen LogP contribution < -0.4 is 0 Å². The minimum Gasteiger partial charge on any atom is -0.171 e. The van der Waals surface area contributed by atoms with Crippen LogP contribution in [0.5, 0.6) is 0 Å². The lowest BCUT2D eigenvalue weighted by Gasteiger charge is -2.13. The van der Waals surface area contributed by atoms with Gasteiger partial charge in [-0.25, -0.2) is 0 Å². The van der Waals surface area contributed by atoms with Crippen LogP contribution in [0.2, 0.25) is 0 Å². The molecule has 0 aliphatic heterocycles. The van der Waals surface area contributed by atoms with E-state index in [0.717, 1.165) is 12.8 Å². The molecule has 0 heterocycles. The second-order valence-electron chi connectivity index (χ2n) is 3.52. The van der Waals surface area contributed by atoms with Crippen molar-refractivity contribution in [2.24, 2.45) is 0 Å². The summed E-state index contributed by atoms with van der Waals surface area (Å²) in [5.74, 6) is 0. The van der Waals surface area contributed by atoms with Crippen molar-refractivity contribution >= 4 is 25.3 Å². The van der Waals surface area contributed by atoms with Gasteiger partial charge in [0.05, 0.1) is 0 Å². The Hall–Kier alpha value is -0.0800. The van der Waals surface area contributed by atoms with Gasteiger partial charge in [0, 0.05) is 10.5 Å². The molecule has 0 spiro atoms. The first-order valence-corrected chi connectivity index (χ1v) is 6.18. The predicted octanol–water partition coefficient (Wildman–Crippen LogP) is 4.45. The fourth-order valence-corrected chi connectivity index (χ4v) is 1.77. The molecule has 0 saturated heterocycles. The molecule has 0 fully saturated rings. The van der Waals surface area contributed by atoms with Crippen LogP contribution in [-0.2, 0) is 0 Å². The molecular weight excluding hydrogens is 208 g/mol. The zero-order valence-corrected chi connectivity index (χ0v) is 10.6. The van der Waals surface area contributed by atoms with E-state index >= 15 is 0 Å². The average Bonchev–Trinajstić information content (AvgIpc) is 2.27. The third kappa shape index (κ3) is 2.96. The third-order valence-corrected chi connectivity index (χ3v) is 3.78. The number of benzene rings is 1. The number of hydrogen-bond acceptors (Lipinski definition) is 2. The van der Waals surface area contributed by atoms with Crippen molar-refractivity contribution in [2.45, 2.75) is 37.2 Å². The molecule has 0 saturated carbocycles. The maximum absolute atomic E-state index is 4.54. The van der Waals surface area contributed by atoms with E-state index < -0.39 is 0 Å². The maximum atomic E-state index is 4.54. The molecule has 2 atom stereocenters. The number of thiol groups is 2. The van der Waals surface area contributed by atoms with Gasteiger partial charge in [-0.1, -0.05) is 38.1 Å². The molecule has 2 unspecified atom stereocenters. The Morgan fingerprint density at radius 3 is 1.79 bits per heavy atom. The smallest absolute Gasteiger partial charge is 0.0264 e. The highest BCUT2D eigenvalue weighted by molar-refractivity contribution is 7.80. The summed E-state index contributed by atoms with van der Waals surface area (Å²) in [4.78, 5) is 0. The van der Waals surface area contributed by atoms with Gasteiger partial charge < -0.3 is 0 Å². The molecule has 1 aromatic rings. The molecule has 0 aliphatic rings. The lowest BCUT2D eigenvalue weighted by Crippen LogP contribution is -1.93. The Labute approximate surface area is 97.9 Å². The highest BCUT2D eigenvalue weighted by Crippen LogP contribution is 2.29. The third-order valence-electron chi connectivity index (χ3n) is 2.45. The first-order valence-electron chi connectivity index (χ1n) is 5.15. The molecule has 0 nitrogen and oxygen atoms in total. The first-order chi connectivity index (χ1) is 6.69. The van der Waals surface area contributed by atoms with E-state index in [4.69, 9.17) is 0 Å². The van der Waals surface area contributed by atoms with Gasteiger partial charge in [0.25, 0.3) is 0 Å². The van der Waals surface area contributed by atoms with E-state index in [0.29, 0.717) is 10.5 Å². The second kappa shape index (κ2) is 5.72. The summed E-state index contributed by atoms with van der Waals surface area (Å²) >= 11 is 9.08. The Bertz CT molecular complexity index is 258. The average molecular weight is 226 g/mol. The fraction of sp³-hybridized carbons (Fsp3) is 0.500. The molecule has 78 valence electrons. The molecule has 0 N–H and O–H groups in total. The predicted molar refractivity (Wildman–Crippen MR) is 70.5 cm³/mol. The standard InChI is InChI=1S/C12H18S2/c1-3-11(13)9-6-5-7-10(8-9)12(14)4-2/h5-8,11-14H,3-4H2,1-2H3. The van der Waals surface area contributed by atoms with Crippen molar-refractivity contribution in [2.75, 3.05) is 0 Å². The monoisotopic (exact) mass is 226 g/mol. The minimum absolute atomic E-state index is 0.354. The Balaban J connectivity index is 2.89. The van der Waals surface area contributed by atoms with Crippen molar-refractivity contribution in [3.8, 4) is 0 Å². The lowest BCUT2D eigenvalue weighted by molar-refractivity contribution is 0.876. The number of hydrogen-bond donors (Lipinski definition) is 2. The highest BCUT2D eigenvalue weighted by Gasteiger charge is 2.07. The van der Waals surface area contributed by atoms with Crippen molar-refractivity contribution in [3.63, 3.8) is 0 Å². The molecule has 14 heavy (non-hydrogen) atoms. The molecule has 1 aromatic carbocycles. The summed E-state index contributed by atoms with van der Waals surface area (Å²) in [6.07, 6.45) is 2.13. The molecule has 2 heteroatoms. The van der Waals surface area contributed by atoms with Crippen LogP contribution in [0.4, 0.5) is 0 Å².